The lowest BCUT2D eigenvalue weighted by Gasteiger charge is -2.14. The van der Waals surface area contributed by atoms with Gasteiger partial charge >= 0.3 is 0 Å². The normalized spacial score (nSPS) is 15.3. The van der Waals surface area contributed by atoms with Crippen LogP contribution in [0.1, 0.15) is 28.1 Å². The van der Waals surface area contributed by atoms with E-state index in [0.29, 0.717) is 27.9 Å². The predicted molar refractivity (Wildman–Crippen MR) is 113 cm³/mol. The number of thiocarbonyl (C=S) groups is 1. The van der Waals surface area contributed by atoms with Gasteiger partial charge < -0.3 is 15.2 Å². The van der Waals surface area contributed by atoms with E-state index in [4.69, 9.17) is 12.2 Å². The molecule has 2 aromatic rings. The molecule has 0 spiro atoms. The van der Waals surface area contributed by atoms with E-state index in [2.05, 4.69) is 5.32 Å². The maximum atomic E-state index is 12.5. The van der Waals surface area contributed by atoms with Crippen LogP contribution < -0.4 is 10.4 Å². The number of aromatic carboxylic acids is 1. The molecule has 1 N–H and O–H groups in total. The molecule has 1 aromatic carbocycles. The van der Waals surface area contributed by atoms with Crippen molar-refractivity contribution in [1.29, 1.82) is 0 Å². The quantitative estimate of drug-likeness (QED) is 0.536. The van der Waals surface area contributed by atoms with E-state index in [-0.39, 0.29) is 23.8 Å². The highest BCUT2D eigenvalue weighted by Gasteiger charge is 2.31. The summed E-state index contributed by atoms with van der Waals surface area (Å²) >= 11 is 8.08. The minimum atomic E-state index is -1.30. The summed E-state index contributed by atoms with van der Waals surface area (Å²) < 4.78 is 0.481. The van der Waals surface area contributed by atoms with Gasteiger partial charge in [-0.25, -0.2) is 0 Å². The molecule has 1 fully saturated rings. The zero-order valence-corrected chi connectivity index (χ0v) is 17.0. The van der Waals surface area contributed by atoms with E-state index < -0.39 is 5.97 Å². The highest BCUT2D eigenvalue weighted by molar-refractivity contribution is 8.26. The molecule has 0 aliphatic carbocycles. The molecule has 0 bridgehead atoms. The third kappa shape index (κ3) is 5.06. The van der Waals surface area contributed by atoms with E-state index in [1.165, 1.54) is 34.9 Å². The second-order valence-corrected chi connectivity index (χ2v) is 8.52. The molecule has 3 rings (SSSR count). The number of carboxylic acids is 1. The fourth-order valence-corrected chi connectivity index (χ4v) is 4.57. The Morgan fingerprint density at radius 1 is 1.25 bits per heavy atom. The summed E-state index contributed by atoms with van der Waals surface area (Å²) in [6.45, 7) is 0.346. The SMILES string of the molecule is O=C(CCCN1C(=O)/C(=C\c2cccs2)SC1=S)Nc1cccc(C(=O)[O-])c1. The molecule has 0 atom stereocenters. The largest absolute Gasteiger partial charge is 0.545 e. The molecular formula is C19H15N2O4S3-. The van der Waals surface area contributed by atoms with Crippen molar-refractivity contribution in [2.75, 3.05) is 11.9 Å². The van der Waals surface area contributed by atoms with Crippen LogP contribution in [0.3, 0.4) is 0 Å². The van der Waals surface area contributed by atoms with Crippen LogP contribution in [0.2, 0.25) is 0 Å². The van der Waals surface area contributed by atoms with Crippen LogP contribution >= 0.6 is 35.3 Å². The van der Waals surface area contributed by atoms with Crippen LogP contribution in [0.25, 0.3) is 6.08 Å². The lowest BCUT2D eigenvalue weighted by molar-refractivity contribution is -0.255. The molecule has 144 valence electrons. The second-order valence-electron chi connectivity index (χ2n) is 5.87. The Hall–Kier alpha value is -2.49. The maximum absolute atomic E-state index is 12.5. The van der Waals surface area contributed by atoms with Crippen LogP contribution in [0, 0.1) is 0 Å². The summed E-state index contributed by atoms with van der Waals surface area (Å²) in [5.41, 5.74) is 0.379. The van der Waals surface area contributed by atoms with Crippen LogP contribution in [0.4, 0.5) is 5.69 Å². The first-order valence-corrected chi connectivity index (χ1v) is 10.4. The zero-order valence-electron chi connectivity index (χ0n) is 14.5. The van der Waals surface area contributed by atoms with Crippen molar-refractivity contribution < 1.29 is 19.5 Å². The minimum absolute atomic E-state index is 0.00658. The van der Waals surface area contributed by atoms with Gasteiger partial charge in [-0.3, -0.25) is 14.5 Å². The third-order valence-corrected chi connectivity index (χ3v) is 6.05. The molecule has 1 aromatic heterocycles. The molecule has 0 radical (unpaired) electrons. The lowest BCUT2D eigenvalue weighted by atomic mass is 10.2. The highest BCUT2D eigenvalue weighted by Crippen LogP contribution is 2.33. The lowest BCUT2D eigenvalue weighted by Crippen LogP contribution is -2.29. The van der Waals surface area contributed by atoms with Gasteiger partial charge in [0.25, 0.3) is 5.91 Å². The Kier molecular flexibility index (Phi) is 6.61. The number of rotatable bonds is 7. The van der Waals surface area contributed by atoms with E-state index in [9.17, 15) is 19.5 Å². The molecular weight excluding hydrogens is 416 g/mol. The number of amides is 2. The van der Waals surface area contributed by atoms with Crippen LogP contribution in [-0.4, -0.2) is 33.5 Å². The highest BCUT2D eigenvalue weighted by atomic mass is 32.2. The van der Waals surface area contributed by atoms with Crippen molar-refractivity contribution in [3.05, 3.63) is 57.1 Å². The number of anilines is 1. The summed E-state index contributed by atoms with van der Waals surface area (Å²) in [6, 6.07) is 9.70. The van der Waals surface area contributed by atoms with Crippen molar-refractivity contribution in [2.45, 2.75) is 12.8 Å². The molecule has 1 aliphatic rings. The van der Waals surface area contributed by atoms with E-state index in [1.807, 2.05) is 23.6 Å². The Morgan fingerprint density at radius 2 is 2.07 bits per heavy atom. The zero-order chi connectivity index (χ0) is 20.1. The summed E-state index contributed by atoms with van der Waals surface area (Å²) in [7, 11) is 0. The fourth-order valence-electron chi connectivity index (χ4n) is 2.54. The molecule has 28 heavy (non-hydrogen) atoms. The number of carboxylic acid groups (broad SMARTS) is 1. The Balaban J connectivity index is 1.51. The van der Waals surface area contributed by atoms with Gasteiger partial charge in [0, 0.05) is 23.5 Å². The Labute approximate surface area is 175 Å². The monoisotopic (exact) mass is 431 g/mol. The Bertz CT molecular complexity index is 954. The van der Waals surface area contributed by atoms with Crippen LogP contribution in [0.15, 0.2) is 46.7 Å². The number of nitrogens with one attached hydrogen (secondary N) is 1. The fraction of sp³-hybridized carbons (Fsp3) is 0.158. The van der Waals surface area contributed by atoms with Gasteiger partial charge in [-0.05, 0) is 41.6 Å². The van der Waals surface area contributed by atoms with E-state index in [1.54, 1.807) is 17.4 Å². The maximum Gasteiger partial charge on any atom is 0.266 e. The summed E-state index contributed by atoms with van der Waals surface area (Å²) in [5.74, 6) is -1.72. The predicted octanol–water partition coefficient (Wildman–Crippen LogP) is 2.73. The standard InChI is InChI=1S/C19H16N2O4S3/c22-16(20-13-5-1-4-12(10-13)18(24)25)7-2-8-21-17(23)15(28-19(21)26)11-14-6-3-9-27-14/h1,3-6,9-11H,2,7-8H2,(H,20,22)(H,24,25)/p-1/b15-11+. The topological polar surface area (TPSA) is 89.5 Å². The average molecular weight is 432 g/mol. The number of nitrogens with zero attached hydrogens (tertiary/aromatic N) is 1. The van der Waals surface area contributed by atoms with Crippen molar-refractivity contribution in [1.82, 2.24) is 4.90 Å². The Morgan fingerprint density at radius 3 is 2.79 bits per heavy atom. The van der Waals surface area contributed by atoms with Gasteiger partial charge in [-0.1, -0.05) is 42.2 Å². The van der Waals surface area contributed by atoms with Gasteiger partial charge in [0.15, 0.2) is 0 Å². The number of thiophene rings is 1. The van der Waals surface area contributed by atoms with Gasteiger partial charge in [-0.15, -0.1) is 11.3 Å². The number of thioether (sulfide) groups is 1. The van der Waals surface area contributed by atoms with Crippen LogP contribution in [-0.2, 0) is 9.59 Å². The number of benzene rings is 1. The molecule has 1 saturated heterocycles. The smallest absolute Gasteiger partial charge is 0.266 e. The molecule has 0 saturated carbocycles. The van der Waals surface area contributed by atoms with E-state index in [0.717, 1.165) is 4.88 Å². The molecule has 2 amide bonds. The minimum Gasteiger partial charge on any atom is -0.545 e. The first-order chi connectivity index (χ1) is 13.4. The molecule has 6 nitrogen and oxygen atoms in total. The summed E-state index contributed by atoms with van der Waals surface area (Å²) in [5, 5.41) is 15.4. The van der Waals surface area contributed by atoms with Gasteiger partial charge in [0.05, 0.1) is 10.9 Å². The van der Waals surface area contributed by atoms with Gasteiger partial charge in [0.1, 0.15) is 4.32 Å². The first kappa shape index (κ1) is 20.2. The second kappa shape index (κ2) is 9.13. The average Bonchev–Trinajstić information content (AvgIpc) is 3.25. The van der Waals surface area contributed by atoms with Gasteiger partial charge in [-0.2, -0.15) is 0 Å². The number of carbonyl (C=O) groups excluding carboxylic acids is 3. The van der Waals surface area contributed by atoms with Crippen molar-refractivity contribution in [3.8, 4) is 0 Å². The molecule has 9 heteroatoms. The molecule has 0 unspecified atom stereocenters. The summed E-state index contributed by atoms with van der Waals surface area (Å²) in [6.07, 6.45) is 2.43. The summed E-state index contributed by atoms with van der Waals surface area (Å²) in [4.78, 5) is 38.5. The molecule has 1 aliphatic heterocycles. The van der Waals surface area contributed by atoms with Crippen molar-refractivity contribution in [3.63, 3.8) is 0 Å². The number of hydrogen-bond donors (Lipinski definition) is 1. The van der Waals surface area contributed by atoms with Crippen LogP contribution in [0.5, 0.6) is 0 Å². The van der Waals surface area contributed by atoms with E-state index >= 15 is 0 Å². The number of hydrogen-bond acceptors (Lipinski definition) is 7. The first-order valence-electron chi connectivity index (χ1n) is 8.34. The van der Waals surface area contributed by atoms with Crippen molar-refractivity contribution >= 4 is 69.2 Å². The van der Waals surface area contributed by atoms with Crippen molar-refractivity contribution in [2.24, 2.45) is 0 Å². The third-order valence-electron chi connectivity index (χ3n) is 3.86. The number of carbonyl (C=O) groups is 3. The van der Waals surface area contributed by atoms with Gasteiger partial charge in [0.2, 0.25) is 5.91 Å². The molecule has 2 heterocycles.